The van der Waals surface area contributed by atoms with Crippen molar-refractivity contribution in [2.45, 2.75) is 18.6 Å². The molecule has 1 rings (SSSR count). The molecule has 0 saturated carbocycles. The number of rotatable bonds is 6. The summed E-state index contributed by atoms with van der Waals surface area (Å²) in [6.45, 7) is 0.344. The highest BCUT2D eigenvalue weighted by molar-refractivity contribution is 7.09. The van der Waals surface area contributed by atoms with Gasteiger partial charge in [-0.05, 0) is 17.9 Å². The van der Waals surface area contributed by atoms with Gasteiger partial charge < -0.3 is 20.8 Å². The van der Waals surface area contributed by atoms with E-state index >= 15 is 0 Å². The quantitative estimate of drug-likeness (QED) is 0.527. The van der Waals surface area contributed by atoms with Crippen molar-refractivity contribution in [3.63, 3.8) is 0 Å². The lowest BCUT2D eigenvalue weighted by atomic mass is 10.2. The lowest BCUT2D eigenvalue weighted by Crippen LogP contribution is -2.49. The number of likely N-dealkylation sites (N-methyl/N-ethyl adjacent to an activating group) is 1. The van der Waals surface area contributed by atoms with Crippen molar-refractivity contribution in [1.29, 1.82) is 0 Å². The van der Waals surface area contributed by atoms with E-state index in [1.54, 1.807) is 11.3 Å². The summed E-state index contributed by atoms with van der Waals surface area (Å²) in [6.07, 6.45) is -2.86. The van der Waals surface area contributed by atoms with Crippen LogP contribution < -0.4 is 10.6 Å². The second kappa shape index (κ2) is 7.10. The molecule has 100 valence electrons. The van der Waals surface area contributed by atoms with Gasteiger partial charge in [0, 0.05) is 18.5 Å². The van der Waals surface area contributed by atoms with Crippen LogP contribution in [0.2, 0.25) is 0 Å². The van der Waals surface area contributed by atoms with Crippen LogP contribution in [0.3, 0.4) is 0 Å². The molecule has 1 aromatic rings. The number of amides is 2. The van der Waals surface area contributed by atoms with Crippen LogP contribution in [0.1, 0.15) is 4.88 Å². The Hall–Kier alpha value is -1.44. The summed E-state index contributed by atoms with van der Waals surface area (Å²) in [5, 5.41) is 25.3. The highest BCUT2D eigenvalue weighted by Gasteiger charge is 2.29. The SMILES string of the molecule is CNC(=O)[C@H](O)C(O)C(=O)NCCc1cccs1. The van der Waals surface area contributed by atoms with Gasteiger partial charge in [-0.3, -0.25) is 9.59 Å². The Morgan fingerprint density at radius 2 is 2.00 bits per heavy atom. The first-order valence-corrected chi connectivity index (χ1v) is 6.32. The Morgan fingerprint density at radius 3 is 2.56 bits per heavy atom. The monoisotopic (exact) mass is 272 g/mol. The molecule has 1 unspecified atom stereocenters. The average molecular weight is 272 g/mol. The predicted octanol–water partition coefficient (Wildman–Crippen LogP) is -1.13. The van der Waals surface area contributed by atoms with Crippen LogP contribution >= 0.6 is 11.3 Å². The summed E-state index contributed by atoms with van der Waals surface area (Å²) in [5.74, 6) is -1.56. The summed E-state index contributed by atoms with van der Waals surface area (Å²) < 4.78 is 0. The van der Waals surface area contributed by atoms with Crippen LogP contribution in [-0.4, -0.2) is 47.8 Å². The minimum Gasteiger partial charge on any atom is -0.380 e. The number of aliphatic hydroxyl groups is 2. The zero-order chi connectivity index (χ0) is 13.5. The van der Waals surface area contributed by atoms with Crippen molar-refractivity contribution >= 4 is 23.2 Å². The summed E-state index contributed by atoms with van der Waals surface area (Å²) >= 11 is 1.57. The average Bonchev–Trinajstić information content (AvgIpc) is 2.88. The Kier molecular flexibility index (Phi) is 5.76. The van der Waals surface area contributed by atoms with Gasteiger partial charge in [0.25, 0.3) is 11.8 Å². The maximum absolute atomic E-state index is 11.4. The molecule has 4 N–H and O–H groups in total. The molecule has 1 heterocycles. The summed E-state index contributed by atoms with van der Waals surface area (Å²) in [4.78, 5) is 23.6. The standard InChI is InChI=1S/C11H16N2O4S/c1-12-10(16)8(14)9(15)11(17)13-5-4-7-3-2-6-18-7/h2-3,6,8-9,14-15H,4-5H2,1H3,(H,12,16)(H,13,17)/t8-,9?/m1/s1. The van der Waals surface area contributed by atoms with Crippen LogP contribution in [-0.2, 0) is 16.0 Å². The number of carbonyl (C=O) groups excluding carboxylic acids is 2. The van der Waals surface area contributed by atoms with E-state index in [2.05, 4.69) is 10.6 Å². The Balaban J connectivity index is 2.33. The molecule has 0 spiro atoms. The molecule has 18 heavy (non-hydrogen) atoms. The third kappa shape index (κ3) is 4.10. The molecule has 0 aliphatic rings. The van der Waals surface area contributed by atoms with Crippen LogP contribution in [0.5, 0.6) is 0 Å². The predicted molar refractivity (Wildman–Crippen MR) is 67.1 cm³/mol. The van der Waals surface area contributed by atoms with E-state index in [-0.39, 0.29) is 0 Å². The van der Waals surface area contributed by atoms with Crippen LogP contribution in [0, 0.1) is 0 Å². The molecule has 7 heteroatoms. The smallest absolute Gasteiger partial charge is 0.252 e. The first-order valence-electron chi connectivity index (χ1n) is 5.44. The largest absolute Gasteiger partial charge is 0.380 e. The van der Waals surface area contributed by atoms with E-state index in [0.29, 0.717) is 13.0 Å². The molecule has 0 radical (unpaired) electrons. The third-order valence-electron chi connectivity index (χ3n) is 2.33. The molecular formula is C11H16N2O4S. The molecule has 2 atom stereocenters. The Labute approximate surface area is 109 Å². The zero-order valence-corrected chi connectivity index (χ0v) is 10.7. The molecule has 0 aliphatic heterocycles. The van der Waals surface area contributed by atoms with Crippen molar-refractivity contribution in [3.8, 4) is 0 Å². The number of hydrogen-bond donors (Lipinski definition) is 4. The van der Waals surface area contributed by atoms with Gasteiger partial charge in [-0.15, -0.1) is 11.3 Å². The first-order chi connectivity index (χ1) is 8.56. The Bertz CT molecular complexity index is 394. The van der Waals surface area contributed by atoms with Crippen LogP contribution in [0.25, 0.3) is 0 Å². The topological polar surface area (TPSA) is 98.7 Å². The maximum atomic E-state index is 11.4. The third-order valence-corrected chi connectivity index (χ3v) is 3.27. The van der Waals surface area contributed by atoms with Crippen molar-refractivity contribution in [1.82, 2.24) is 10.6 Å². The minimum atomic E-state index is -1.76. The van der Waals surface area contributed by atoms with Crippen molar-refractivity contribution in [2.75, 3.05) is 13.6 Å². The summed E-state index contributed by atoms with van der Waals surface area (Å²) in [6, 6.07) is 3.85. The second-order valence-corrected chi connectivity index (χ2v) is 4.66. The first kappa shape index (κ1) is 14.6. The molecule has 0 aromatic carbocycles. The van der Waals surface area contributed by atoms with E-state index in [9.17, 15) is 19.8 Å². The number of thiophene rings is 1. The fourth-order valence-electron chi connectivity index (χ4n) is 1.30. The lowest BCUT2D eigenvalue weighted by molar-refractivity contribution is -0.145. The van der Waals surface area contributed by atoms with Crippen LogP contribution in [0.4, 0.5) is 0 Å². The minimum absolute atomic E-state index is 0.344. The highest BCUT2D eigenvalue weighted by Crippen LogP contribution is 2.08. The zero-order valence-electron chi connectivity index (χ0n) is 9.92. The second-order valence-electron chi connectivity index (χ2n) is 3.62. The fourth-order valence-corrected chi connectivity index (χ4v) is 2.01. The van der Waals surface area contributed by atoms with Crippen molar-refractivity contribution in [3.05, 3.63) is 22.4 Å². The number of hydrogen-bond acceptors (Lipinski definition) is 5. The van der Waals surface area contributed by atoms with E-state index in [1.807, 2.05) is 17.5 Å². The summed E-state index contributed by atoms with van der Waals surface area (Å²) in [5.41, 5.74) is 0. The molecule has 0 fully saturated rings. The Morgan fingerprint density at radius 1 is 1.33 bits per heavy atom. The summed E-state index contributed by atoms with van der Waals surface area (Å²) in [7, 11) is 1.31. The molecular weight excluding hydrogens is 256 g/mol. The molecule has 1 aromatic heterocycles. The molecule has 0 saturated heterocycles. The van der Waals surface area contributed by atoms with Crippen molar-refractivity contribution < 1.29 is 19.8 Å². The molecule has 6 nitrogen and oxygen atoms in total. The van der Waals surface area contributed by atoms with Crippen LogP contribution in [0.15, 0.2) is 17.5 Å². The van der Waals surface area contributed by atoms with Gasteiger partial charge in [0.15, 0.2) is 12.2 Å². The fraction of sp³-hybridized carbons (Fsp3) is 0.455. The highest BCUT2D eigenvalue weighted by atomic mass is 32.1. The van der Waals surface area contributed by atoms with Gasteiger partial charge in [0.1, 0.15) is 0 Å². The van der Waals surface area contributed by atoms with Gasteiger partial charge in [-0.1, -0.05) is 6.07 Å². The maximum Gasteiger partial charge on any atom is 0.252 e. The van der Waals surface area contributed by atoms with E-state index in [4.69, 9.17) is 0 Å². The number of aliphatic hydroxyl groups excluding tert-OH is 2. The normalized spacial score (nSPS) is 13.7. The lowest BCUT2D eigenvalue weighted by Gasteiger charge is -2.15. The number of nitrogens with one attached hydrogen (secondary N) is 2. The molecule has 0 bridgehead atoms. The van der Waals surface area contributed by atoms with Gasteiger partial charge in [-0.2, -0.15) is 0 Å². The van der Waals surface area contributed by atoms with Gasteiger partial charge in [-0.25, -0.2) is 0 Å². The van der Waals surface area contributed by atoms with Gasteiger partial charge in [0.05, 0.1) is 0 Å². The molecule has 2 amide bonds. The van der Waals surface area contributed by atoms with Crippen molar-refractivity contribution in [2.24, 2.45) is 0 Å². The van der Waals surface area contributed by atoms with E-state index in [0.717, 1.165) is 4.88 Å². The van der Waals surface area contributed by atoms with E-state index < -0.39 is 24.0 Å². The van der Waals surface area contributed by atoms with E-state index in [1.165, 1.54) is 7.05 Å². The van der Waals surface area contributed by atoms with Gasteiger partial charge in [0.2, 0.25) is 0 Å². The van der Waals surface area contributed by atoms with Gasteiger partial charge >= 0.3 is 0 Å². The number of carbonyl (C=O) groups is 2. The molecule has 0 aliphatic carbocycles.